The summed E-state index contributed by atoms with van der Waals surface area (Å²) in [5.74, 6) is 0.827. The molecule has 0 radical (unpaired) electrons. The van der Waals surface area contributed by atoms with Crippen molar-refractivity contribution < 1.29 is 22.3 Å². The predicted octanol–water partition coefficient (Wildman–Crippen LogP) is 7.04. The van der Waals surface area contributed by atoms with Crippen LogP contribution in [0, 0.1) is 12.7 Å². The van der Waals surface area contributed by atoms with Gasteiger partial charge in [-0.1, -0.05) is 12.1 Å². The second kappa shape index (κ2) is 11.3. The lowest BCUT2D eigenvalue weighted by molar-refractivity contribution is -0.137. The van der Waals surface area contributed by atoms with Crippen LogP contribution in [0.15, 0.2) is 60.7 Å². The Morgan fingerprint density at radius 2 is 1.74 bits per heavy atom. The van der Waals surface area contributed by atoms with Gasteiger partial charge in [0.25, 0.3) is 0 Å². The lowest BCUT2D eigenvalue weighted by atomic mass is 10.1. The SMILES string of the molecule is C/C=C/c1cc(Nc2cc(N3CCN(c4cccc(C(F)(F)F)c4)CC3)nc(Oc3ccc4[nH]c(C)cc4c3F)n2)n[nH]1. The molecular formula is C30H28F4N8O. The van der Waals surface area contributed by atoms with E-state index in [0.29, 0.717) is 60.2 Å². The molecule has 0 aliphatic carbocycles. The summed E-state index contributed by atoms with van der Waals surface area (Å²) >= 11 is 0. The Morgan fingerprint density at radius 3 is 2.51 bits per heavy atom. The number of hydrogen-bond acceptors (Lipinski definition) is 7. The van der Waals surface area contributed by atoms with Gasteiger partial charge in [0.1, 0.15) is 11.6 Å². The minimum Gasteiger partial charge on any atom is -0.421 e. The number of anilines is 4. The van der Waals surface area contributed by atoms with Gasteiger partial charge in [0, 0.05) is 60.6 Å². The number of alkyl halides is 3. The van der Waals surface area contributed by atoms with E-state index in [1.54, 1.807) is 30.3 Å². The molecule has 43 heavy (non-hydrogen) atoms. The number of fused-ring (bicyclic) bond motifs is 1. The fraction of sp³-hybridized carbons (Fsp3) is 0.233. The van der Waals surface area contributed by atoms with Crippen molar-refractivity contribution in [3.8, 4) is 11.8 Å². The maximum Gasteiger partial charge on any atom is 0.416 e. The van der Waals surface area contributed by atoms with Crippen LogP contribution < -0.4 is 19.9 Å². The van der Waals surface area contributed by atoms with Crippen molar-refractivity contribution in [3.63, 3.8) is 0 Å². The monoisotopic (exact) mass is 592 g/mol. The first-order valence-corrected chi connectivity index (χ1v) is 13.6. The van der Waals surface area contributed by atoms with Crippen LogP contribution in [0.5, 0.6) is 11.8 Å². The second-order valence-corrected chi connectivity index (χ2v) is 10.1. The molecule has 0 atom stereocenters. The molecular weight excluding hydrogens is 564 g/mol. The molecule has 0 amide bonds. The predicted molar refractivity (Wildman–Crippen MR) is 158 cm³/mol. The van der Waals surface area contributed by atoms with Gasteiger partial charge in [0.05, 0.1) is 11.3 Å². The van der Waals surface area contributed by atoms with Crippen molar-refractivity contribution in [2.24, 2.45) is 0 Å². The quantitative estimate of drug-likeness (QED) is 0.174. The van der Waals surface area contributed by atoms with E-state index in [1.807, 2.05) is 35.8 Å². The van der Waals surface area contributed by atoms with Crippen LogP contribution in [-0.4, -0.2) is 51.3 Å². The van der Waals surface area contributed by atoms with Crippen LogP contribution in [0.1, 0.15) is 23.9 Å². The number of allylic oxidation sites excluding steroid dienone is 1. The zero-order valence-corrected chi connectivity index (χ0v) is 23.3. The average molecular weight is 593 g/mol. The molecule has 3 aromatic heterocycles. The number of halogens is 4. The molecule has 1 saturated heterocycles. The molecule has 5 aromatic rings. The Hall–Kier alpha value is -5.07. The van der Waals surface area contributed by atoms with Crippen molar-refractivity contribution in [1.29, 1.82) is 0 Å². The van der Waals surface area contributed by atoms with Gasteiger partial charge in [-0.25, -0.2) is 4.39 Å². The number of aromatic nitrogens is 5. The molecule has 2 aromatic carbocycles. The summed E-state index contributed by atoms with van der Waals surface area (Å²) in [5.41, 5.74) is 2.07. The van der Waals surface area contributed by atoms with Crippen molar-refractivity contribution in [1.82, 2.24) is 25.1 Å². The molecule has 0 bridgehead atoms. The summed E-state index contributed by atoms with van der Waals surface area (Å²) in [6.07, 6.45) is -0.670. The molecule has 0 unspecified atom stereocenters. The van der Waals surface area contributed by atoms with Gasteiger partial charge >= 0.3 is 12.2 Å². The summed E-state index contributed by atoms with van der Waals surface area (Å²) in [6, 6.07) is 13.7. The Morgan fingerprint density at radius 1 is 0.953 bits per heavy atom. The molecule has 6 rings (SSSR count). The molecule has 0 spiro atoms. The second-order valence-electron chi connectivity index (χ2n) is 10.1. The van der Waals surface area contributed by atoms with Crippen LogP contribution in [-0.2, 0) is 6.18 Å². The first kappa shape index (κ1) is 28.1. The summed E-state index contributed by atoms with van der Waals surface area (Å²) < 4.78 is 61.0. The summed E-state index contributed by atoms with van der Waals surface area (Å²) in [6.45, 7) is 5.62. The standard InChI is InChI=1S/C30H28F4N8O/c1-3-5-20-16-26(40-39-20)36-25-17-27(38-29(37-25)43-24-9-8-23-22(28(24)31)14-18(2)35-23)42-12-10-41(11-13-42)21-7-4-6-19(15-21)30(32,33)34/h3-9,14-17,35H,10-13H2,1-2H3,(H2,36,37,38,39,40)/b5-3+. The van der Waals surface area contributed by atoms with E-state index in [4.69, 9.17) is 4.74 Å². The summed E-state index contributed by atoms with van der Waals surface area (Å²) in [7, 11) is 0. The molecule has 0 saturated carbocycles. The Balaban J connectivity index is 1.27. The number of rotatable bonds is 7. The van der Waals surface area contributed by atoms with Gasteiger partial charge in [-0.15, -0.1) is 0 Å². The van der Waals surface area contributed by atoms with Gasteiger partial charge in [-0.05, 0) is 56.3 Å². The lowest BCUT2D eigenvalue weighted by Gasteiger charge is -2.37. The van der Waals surface area contributed by atoms with Crippen LogP contribution in [0.4, 0.5) is 40.7 Å². The number of H-pyrrole nitrogens is 2. The van der Waals surface area contributed by atoms with Crippen molar-refractivity contribution in [2.45, 2.75) is 20.0 Å². The number of ether oxygens (including phenoxy) is 1. The van der Waals surface area contributed by atoms with Gasteiger partial charge in [0.15, 0.2) is 17.4 Å². The highest BCUT2D eigenvalue weighted by Crippen LogP contribution is 2.33. The zero-order valence-electron chi connectivity index (χ0n) is 23.3. The van der Waals surface area contributed by atoms with E-state index in [-0.39, 0.29) is 11.8 Å². The summed E-state index contributed by atoms with van der Waals surface area (Å²) in [5, 5.41) is 10.7. The third-order valence-corrected chi connectivity index (χ3v) is 7.07. The first-order valence-electron chi connectivity index (χ1n) is 13.6. The minimum atomic E-state index is -4.41. The average Bonchev–Trinajstić information content (AvgIpc) is 3.60. The largest absolute Gasteiger partial charge is 0.421 e. The Kier molecular flexibility index (Phi) is 7.38. The topological polar surface area (TPSA) is 98.0 Å². The fourth-order valence-electron chi connectivity index (χ4n) is 5.02. The molecule has 4 heterocycles. The van der Waals surface area contributed by atoms with Crippen LogP contribution >= 0.6 is 0 Å². The number of benzene rings is 2. The van der Waals surface area contributed by atoms with Gasteiger partial charge < -0.3 is 24.8 Å². The number of aromatic amines is 2. The first-order chi connectivity index (χ1) is 20.7. The molecule has 9 nitrogen and oxygen atoms in total. The maximum absolute atomic E-state index is 15.3. The normalized spacial score (nSPS) is 14.2. The van der Waals surface area contributed by atoms with E-state index >= 15 is 4.39 Å². The van der Waals surface area contributed by atoms with Gasteiger partial charge in [0.2, 0.25) is 0 Å². The molecule has 13 heteroatoms. The van der Waals surface area contributed by atoms with E-state index < -0.39 is 17.6 Å². The lowest BCUT2D eigenvalue weighted by Crippen LogP contribution is -2.47. The Bertz CT molecular complexity index is 1790. The van der Waals surface area contributed by atoms with E-state index in [1.165, 1.54) is 12.1 Å². The number of hydrogen-bond donors (Lipinski definition) is 3. The fourth-order valence-corrected chi connectivity index (χ4v) is 5.02. The van der Waals surface area contributed by atoms with Crippen LogP contribution in [0.2, 0.25) is 0 Å². The highest BCUT2D eigenvalue weighted by Gasteiger charge is 2.31. The molecule has 222 valence electrons. The molecule has 1 aliphatic rings. The maximum atomic E-state index is 15.3. The highest BCUT2D eigenvalue weighted by atomic mass is 19.4. The third-order valence-electron chi connectivity index (χ3n) is 7.07. The van der Waals surface area contributed by atoms with Gasteiger partial charge in [-0.2, -0.15) is 28.2 Å². The van der Waals surface area contributed by atoms with Crippen LogP contribution in [0.3, 0.4) is 0 Å². The minimum absolute atomic E-state index is 0.0286. The van der Waals surface area contributed by atoms with Gasteiger partial charge in [-0.3, -0.25) is 5.10 Å². The van der Waals surface area contributed by atoms with E-state index in [0.717, 1.165) is 23.5 Å². The van der Waals surface area contributed by atoms with Crippen molar-refractivity contribution >= 4 is 40.1 Å². The summed E-state index contributed by atoms with van der Waals surface area (Å²) in [4.78, 5) is 16.0. The smallest absolute Gasteiger partial charge is 0.416 e. The van der Waals surface area contributed by atoms with Crippen molar-refractivity contribution in [2.75, 3.05) is 41.3 Å². The third kappa shape index (κ3) is 6.10. The van der Waals surface area contributed by atoms with E-state index in [9.17, 15) is 13.2 Å². The molecule has 3 N–H and O–H groups in total. The molecule has 1 fully saturated rings. The highest BCUT2D eigenvalue weighted by molar-refractivity contribution is 5.82. The Labute approximate surface area is 244 Å². The number of aryl methyl sites for hydroxylation is 1. The van der Waals surface area contributed by atoms with E-state index in [2.05, 4.69) is 30.5 Å². The molecule has 1 aliphatic heterocycles. The number of piperazine rings is 1. The van der Waals surface area contributed by atoms with Crippen molar-refractivity contribution in [3.05, 3.63) is 83.4 Å². The number of nitrogens with one attached hydrogen (secondary N) is 3. The van der Waals surface area contributed by atoms with Crippen LogP contribution in [0.25, 0.3) is 17.0 Å². The number of nitrogens with zero attached hydrogens (tertiary/aromatic N) is 5. The zero-order chi connectivity index (χ0) is 30.1.